The number of nitrogens with one attached hydrogen (secondary N) is 1. The fourth-order valence-corrected chi connectivity index (χ4v) is 2.23. The fraction of sp³-hybridized carbons (Fsp3) is 0. The zero-order valence-electron chi connectivity index (χ0n) is 10.6. The summed E-state index contributed by atoms with van der Waals surface area (Å²) in [4.78, 5) is 30.0. The quantitative estimate of drug-likeness (QED) is 0.762. The van der Waals surface area contributed by atoms with Crippen molar-refractivity contribution in [3.8, 4) is 11.4 Å². The molecule has 0 spiro atoms. The minimum atomic E-state index is -1.09. The topological polar surface area (TPSA) is 83.0 Å². The van der Waals surface area contributed by atoms with Crippen molar-refractivity contribution in [2.45, 2.75) is 0 Å². The zero-order valence-corrected chi connectivity index (χ0v) is 11.4. The smallest absolute Gasteiger partial charge is 0.335 e. The van der Waals surface area contributed by atoms with Gasteiger partial charge in [-0.25, -0.2) is 9.78 Å². The molecule has 3 rings (SSSR count). The minimum absolute atomic E-state index is 0.0466. The molecule has 0 fully saturated rings. The average Bonchev–Trinajstić information content (AvgIpc) is 2.46. The molecule has 6 heteroatoms. The molecule has 3 aromatic rings. The van der Waals surface area contributed by atoms with E-state index in [1.165, 1.54) is 18.2 Å². The number of benzene rings is 2. The maximum absolute atomic E-state index is 12.1. The summed E-state index contributed by atoms with van der Waals surface area (Å²) in [7, 11) is 0. The molecule has 0 aliphatic rings. The number of aromatic amines is 1. The normalized spacial score (nSPS) is 10.7. The van der Waals surface area contributed by atoms with Crippen molar-refractivity contribution in [3.05, 3.63) is 63.4 Å². The number of carboxylic acids is 1. The molecule has 0 amide bonds. The third-order valence-corrected chi connectivity index (χ3v) is 3.29. The summed E-state index contributed by atoms with van der Waals surface area (Å²) in [6, 6.07) is 11.2. The Labute approximate surface area is 123 Å². The first-order chi connectivity index (χ1) is 10.0. The Kier molecular flexibility index (Phi) is 3.19. The Hall–Kier alpha value is -2.66. The number of carbonyl (C=O) groups is 1. The molecule has 2 aromatic carbocycles. The lowest BCUT2D eigenvalue weighted by molar-refractivity contribution is 0.0697. The second kappa shape index (κ2) is 5.03. The molecule has 1 heterocycles. The van der Waals surface area contributed by atoms with Gasteiger partial charge in [0.1, 0.15) is 5.82 Å². The van der Waals surface area contributed by atoms with Gasteiger partial charge in [-0.15, -0.1) is 0 Å². The van der Waals surface area contributed by atoms with E-state index >= 15 is 0 Å². The molecule has 0 unspecified atom stereocenters. The Balaban J connectivity index is 2.23. The van der Waals surface area contributed by atoms with Crippen LogP contribution in [0.2, 0.25) is 5.02 Å². The Morgan fingerprint density at radius 3 is 2.71 bits per heavy atom. The van der Waals surface area contributed by atoms with Gasteiger partial charge in [-0.2, -0.15) is 0 Å². The number of carboxylic acid groups (broad SMARTS) is 1. The van der Waals surface area contributed by atoms with E-state index in [9.17, 15) is 9.59 Å². The van der Waals surface area contributed by atoms with E-state index in [1.54, 1.807) is 24.3 Å². The lowest BCUT2D eigenvalue weighted by atomic mass is 10.1. The molecular weight excluding hydrogens is 292 g/mol. The number of aromatic carboxylic acids is 1. The van der Waals surface area contributed by atoms with E-state index in [4.69, 9.17) is 16.7 Å². The molecule has 104 valence electrons. The maximum atomic E-state index is 12.1. The summed E-state index contributed by atoms with van der Waals surface area (Å²) in [5, 5.41) is 9.73. The van der Waals surface area contributed by atoms with Crippen LogP contribution >= 0.6 is 11.6 Å². The van der Waals surface area contributed by atoms with Crippen LogP contribution in [-0.4, -0.2) is 21.0 Å². The van der Waals surface area contributed by atoms with Crippen LogP contribution in [0.3, 0.4) is 0 Å². The maximum Gasteiger partial charge on any atom is 0.335 e. The van der Waals surface area contributed by atoms with E-state index in [-0.39, 0.29) is 10.9 Å². The van der Waals surface area contributed by atoms with Crippen molar-refractivity contribution in [2.24, 2.45) is 0 Å². The minimum Gasteiger partial charge on any atom is -0.478 e. The van der Waals surface area contributed by atoms with Crippen LogP contribution < -0.4 is 5.56 Å². The monoisotopic (exact) mass is 300 g/mol. The van der Waals surface area contributed by atoms with Gasteiger partial charge in [-0.05, 0) is 30.3 Å². The highest BCUT2D eigenvalue weighted by atomic mass is 35.5. The van der Waals surface area contributed by atoms with Crippen LogP contribution in [0.4, 0.5) is 0 Å². The molecule has 0 bridgehead atoms. The van der Waals surface area contributed by atoms with E-state index < -0.39 is 11.5 Å². The predicted octanol–water partition coefficient (Wildman–Crippen LogP) is 2.94. The number of rotatable bonds is 2. The van der Waals surface area contributed by atoms with Crippen molar-refractivity contribution in [3.63, 3.8) is 0 Å². The molecule has 0 aliphatic heterocycles. The number of hydrogen-bond donors (Lipinski definition) is 2. The number of hydrogen-bond acceptors (Lipinski definition) is 3. The van der Waals surface area contributed by atoms with Gasteiger partial charge in [-0.1, -0.05) is 23.7 Å². The molecule has 21 heavy (non-hydrogen) atoms. The molecule has 0 atom stereocenters. The van der Waals surface area contributed by atoms with Crippen LogP contribution in [0.5, 0.6) is 0 Å². The first kappa shape index (κ1) is 13.3. The lowest BCUT2D eigenvalue weighted by Gasteiger charge is -2.04. The van der Waals surface area contributed by atoms with Crippen molar-refractivity contribution in [2.75, 3.05) is 0 Å². The Morgan fingerprint density at radius 2 is 2.00 bits per heavy atom. The molecule has 0 saturated heterocycles. The molecule has 5 nitrogen and oxygen atoms in total. The summed E-state index contributed by atoms with van der Waals surface area (Å²) >= 11 is 5.92. The number of nitrogens with zero attached hydrogens (tertiary/aromatic N) is 1. The third kappa shape index (κ3) is 2.51. The van der Waals surface area contributed by atoms with Gasteiger partial charge in [0.05, 0.1) is 16.5 Å². The summed E-state index contributed by atoms with van der Waals surface area (Å²) in [6.07, 6.45) is 0. The summed E-state index contributed by atoms with van der Waals surface area (Å²) in [5.74, 6) is -0.701. The highest BCUT2D eigenvalue weighted by Gasteiger charge is 2.09. The number of aromatic nitrogens is 2. The molecule has 0 radical (unpaired) electrons. The van der Waals surface area contributed by atoms with Crippen molar-refractivity contribution >= 4 is 28.5 Å². The second-order valence-corrected chi connectivity index (χ2v) is 4.90. The average molecular weight is 301 g/mol. The van der Waals surface area contributed by atoms with Gasteiger partial charge < -0.3 is 10.1 Å². The second-order valence-electron chi connectivity index (χ2n) is 4.46. The van der Waals surface area contributed by atoms with Gasteiger partial charge in [-0.3, -0.25) is 4.79 Å². The van der Waals surface area contributed by atoms with Crippen molar-refractivity contribution < 1.29 is 9.90 Å². The highest BCUT2D eigenvalue weighted by Crippen LogP contribution is 2.20. The van der Waals surface area contributed by atoms with Crippen molar-refractivity contribution in [1.29, 1.82) is 0 Å². The summed E-state index contributed by atoms with van der Waals surface area (Å²) < 4.78 is 0. The SMILES string of the molecule is O=C(O)c1ccc2nc(-c3cccc(Cl)c3)[nH]c(=O)c2c1. The summed E-state index contributed by atoms with van der Waals surface area (Å²) in [5.41, 5.74) is 0.769. The van der Waals surface area contributed by atoms with Gasteiger partial charge >= 0.3 is 5.97 Å². The lowest BCUT2D eigenvalue weighted by Crippen LogP contribution is -2.10. The van der Waals surface area contributed by atoms with Gasteiger partial charge in [0.25, 0.3) is 5.56 Å². The molecule has 0 aliphatic carbocycles. The van der Waals surface area contributed by atoms with E-state index in [2.05, 4.69) is 9.97 Å². The first-order valence-corrected chi connectivity index (χ1v) is 6.46. The van der Waals surface area contributed by atoms with Gasteiger partial charge in [0, 0.05) is 10.6 Å². The molecule has 1 aromatic heterocycles. The van der Waals surface area contributed by atoms with Crippen molar-refractivity contribution in [1.82, 2.24) is 9.97 Å². The molecule has 2 N–H and O–H groups in total. The van der Waals surface area contributed by atoms with E-state index in [0.717, 1.165) is 0 Å². The van der Waals surface area contributed by atoms with Crippen LogP contribution in [0, 0.1) is 0 Å². The van der Waals surface area contributed by atoms with Crippen LogP contribution in [0.25, 0.3) is 22.3 Å². The largest absolute Gasteiger partial charge is 0.478 e. The van der Waals surface area contributed by atoms with Gasteiger partial charge in [0.2, 0.25) is 0 Å². The number of H-pyrrole nitrogens is 1. The number of fused-ring (bicyclic) bond motifs is 1. The predicted molar refractivity (Wildman–Crippen MR) is 79.8 cm³/mol. The summed E-state index contributed by atoms with van der Waals surface area (Å²) in [6.45, 7) is 0. The van der Waals surface area contributed by atoms with Gasteiger partial charge in [0.15, 0.2) is 0 Å². The van der Waals surface area contributed by atoms with Crippen LogP contribution in [0.15, 0.2) is 47.3 Å². The van der Waals surface area contributed by atoms with E-state index in [0.29, 0.717) is 21.9 Å². The van der Waals surface area contributed by atoms with Crippen LogP contribution in [0.1, 0.15) is 10.4 Å². The van der Waals surface area contributed by atoms with E-state index in [1.807, 2.05) is 0 Å². The fourth-order valence-electron chi connectivity index (χ4n) is 2.04. The first-order valence-electron chi connectivity index (χ1n) is 6.08. The zero-order chi connectivity index (χ0) is 15.0. The Bertz CT molecular complexity index is 918. The number of halogens is 1. The molecule has 0 saturated carbocycles. The van der Waals surface area contributed by atoms with Crippen LogP contribution in [-0.2, 0) is 0 Å². The highest BCUT2D eigenvalue weighted by molar-refractivity contribution is 6.30. The standard InChI is InChI=1S/C15H9ClN2O3/c16-10-3-1-2-8(6-10)13-17-12-5-4-9(15(20)21)7-11(12)14(19)18-13/h1-7H,(H,20,21)(H,17,18,19). The Morgan fingerprint density at radius 1 is 1.19 bits per heavy atom. The molecular formula is C15H9ClN2O3. The third-order valence-electron chi connectivity index (χ3n) is 3.05.